The molecule has 11 aromatic carbocycles. The number of para-hydroxylation sites is 6. The minimum absolute atomic E-state index is 0.0322. The van der Waals surface area contributed by atoms with Crippen LogP contribution in [-0.2, 0) is 4.74 Å². The highest BCUT2D eigenvalue weighted by Gasteiger charge is 2.46. The number of aromatic amines is 2. The molecule has 0 bridgehead atoms. The first-order chi connectivity index (χ1) is 64.6. The topological polar surface area (TPSA) is 265 Å². The lowest BCUT2D eigenvalue weighted by Gasteiger charge is -2.21. The van der Waals surface area contributed by atoms with Gasteiger partial charge in [0.1, 0.15) is 67.1 Å². The largest absolute Gasteiger partial charge is 1.20 e. The summed E-state index contributed by atoms with van der Waals surface area (Å²) in [5.41, 5.74) is 14.0. The molecule has 2 N–H and O–H groups in total. The second kappa shape index (κ2) is 39.9. The van der Waals surface area contributed by atoms with E-state index < -0.39 is 15.1 Å². The third-order valence-corrected chi connectivity index (χ3v) is 25.1. The van der Waals surface area contributed by atoms with Crippen molar-refractivity contribution >= 4 is 169 Å². The Morgan fingerprint density at radius 1 is 0.470 bits per heavy atom. The minimum atomic E-state index is -2.86. The van der Waals surface area contributed by atoms with E-state index in [-0.39, 0.29) is 27.6 Å². The van der Waals surface area contributed by atoms with Gasteiger partial charge in [-0.05, 0) is 205 Å². The molecule has 0 saturated carbocycles. The van der Waals surface area contributed by atoms with E-state index in [9.17, 15) is 19.2 Å². The van der Waals surface area contributed by atoms with E-state index in [4.69, 9.17) is 41.8 Å². The van der Waals surface area contributed by atoms with Gasteiger partial charge in [-0.3, -0.25) is 29.3 Å². The highest BCUT2D eigenvalue weighted by Crippen LogP contribution is 2.37. The summed E-state index contributed by atoms with van der Waals surface area (Å²) in [5.74, 6) is 3.62. The Morgan fingerprint density at radius 3 is 1.50 bits per heavy atom. The zero-order chi connectivity index (χ0) is 91.3. The molecule has 132 heavy (non-hydrogen) atoms. The van der Waals surface area contributed by atoms with Crippen molar-refractivity contribution in [3.05, 3.63) is 391 Å². The normalized spacial score (nSPS) is 12.1. The highest BCUT2D eigenvalue weighted by molar-refractivity contribution is 7.21. The van der Waals surface area contributed by atoms with Crippen molar-refractivity contribution in [3.63, 3.8) is 0 Å². The van der Waals surface area contributed by atoms with Gasteiger partial charge in [-0.25, -0.2) is 24.9 Å². The lowest BCUT2D eigenvalue weighted by molar-refractivity contribution is 0.311. The molecule has 9 heterocycles. The molecular formula is C108H87AlN12O10S. The van der Waals surface area contributed by atoms with Gasteiger partial charge >= 0.3 is 20.8 Å². The number of nitrogens with zero attached hydrogens (tertiary/aromatic N) is 10. The SMILES string of the molecule is CCN(CC)c1ccc2cc(-c3nc4ccccc4s3)c(=O)oc2c1.CCN(CC)c1ccc2nc3c4ccccc4c(=O)cc-3oc2c1.O=c1c2ccccc2[nH]c2cc3c(=O)c4ccccc4[nH]c3cc12.[C-]#[N+]/C(C#N)=C1\C=C(C)OC(/C=C/c2ccc(N(CC)CC)cc2)=C1.c1cnc2c([O][Al]([O]c3cccc4cccnc34)[O]c3cccc4cccnc34)cccc2c1. The summed E-state index contributed by atoms with van der Waals surface area (Å²) in [4.78, 5) is 89.8. The van der Waals surface area contributed by atoms with Crippen molar-refractivity contribution in [1.82, 2.24) is 34.9 Å². The van der Waals surface area contributed by atoms with Crippen molar-refractivity contribution < 1.29 is 24.9 Å². The fourth-order valence-corrected chi connectivity index (χ4v) is 18.4. The fraction of sp³-hybridized carbons (Fsp3) is 0.120. The number of allylic oxidation sites excluding steroid dienone is 6. The molecule has 3 aliphatic rings. The molecule has 0 atom stereocenters. The van der Waals surface area contributed by atoms with Gasteiger partial charge in [0.2, 0.25) is 0 Å². The number of anilines is 3. The number of aromatic nitrogens is 7. The summed E-state index contributed by atoms with van der Waals surface area (Å²) >= 11 is -1.35. The number of nitriles is 1. The molecule has 24 heteroatoms. The number of H-pyrrole nitrogens is 2. The minimum Gasteiger partial charge on any atom is -0.576 e. The Labute approximate surface area is 767 Å². The van der Waals surface area contributed by atoms with Crippen LogP contribution in [0.2, 0.25) is 0 Å². The zero-order valence-corrected chi connectivity index (χ0v) is 75.3. The number of pyridine rings is 5. The van der Waals surface area contributed by atoms with E-state index in [2.05, 4.69) is 127 Å². The van der Waals surface area contributed by atoms with Gasteiger partial charge < -0.3 is 49.6 Å². The van der Waals surface area contributed by atoms with Gasteiger partial charge in [0, 0.05) is 158 Å². The Balaban J connectivity index is 0.000000116. The molecule has 1 aliphatic carbocycles. The Morgan fingerprint density at radius 2 is 0.962 bits per heavy atom. The van der Waals surface area contributed by atoms with E-state index in [0.29, 0.717) is 99.8 Å². The van der Waals surface area contributed by atoms with Gasteiger partial charge in [0.15, 0.2) is 27.6 Å². The summed E-state index contributed by atoms with van der Waals surface area (Å²) in [6.07, 6.45) is 12.5. The van der Waals surface area contributed by atoms with Crippen LogP contribution in [0.1, 0.15) is 54.0 Å². The predicted octanol–water partition coefficient (Wildman–Crippen LogP) is 23.8. The maximum atomic E-state index is 12.8. The van der Waals surface area contributed by atoms with E-state index >= 15 is 0 Å². The van der Waals surface area contributed by atoms with E-state index in [1.165, 1.54) is 23.1 Å². The number of hydrogen-bond acceptors (Lipinski definition) is 20. The average Bonchev–Trinajstić information content (AvgIpc) is 0.818. The summed E-state index contributed by atoms with van der Waals surface area (Å²) in [7, 11) is 0. The molecule has 22 nitrogen and oxygen atoms in total. The molecule has 648 valence electrons. The molecule has 2 aliphatic heterocycles. The molecule has 0 radical (unpaired) electrons. The van der Waals surface area contributed by atoms with Crippen LogP contribution in [0.3, 0.4) is 0 Å². The number of hydrogen-bond donors (Lipinski definition) is 2. The van der Waals surface area contributed by atoms with Crippen molar-refractivity contribution in [2.24, 2.45) is 0 Å². The fourth-order valence-electron chi connectivity index (χ4n) is 16.1. The monoisotopic (exact) mass is 1770 g/mol. The summed E-state index contributed by atoms with van der Waals surface area (Å²) < 4.78 is 37.6. The van der Waals surface area contributed by atoms with Crippen molar-refractivity contribution in [2.45, 2.75) is 48.5 Å². The van der Waals surface area contributed by atoms with Crippen molar-refractivity contribution in [3.8, 4) is 45.3 Å². The third-order valence-electron chi connectivity index (χ3n) is 22.7. The molecule has 18 aromatic rings. The molecular weight excluding hydrogens is 1680 g/mol. The zero-order valence-electron chi connectivity index (χ0n) is 73.3. The first kappa shape index (κ1) is 87.7. The average molecular weight is 1770 g/mol. The number of ether oxygens (including phenoxy) is 1. The number of fused-ring (bicyclic) bond motifs is 13. The van der Waals surface area contributed by atoms with Crippen molar-refractivity contribution in [2.75, 3.05) is 54.0 Å². The van der Waals surface area contributed by atoms with Crippen LogP contribution in [0.4, 0.5) is 17.1 Å². The Bertz CT molecular complexity index is 7860. The van der Waals surface area contributed by atoms with Crippen LogP contribution in [-0.4, -0.2) is 89.3 Å². The van der Waals surface area contributed by atoms with E-state index in [1.807, 2.05) is 224 Å². The maximum absolute atomic E-state index is 12.8. The Kier molecular flexibility index (Phi) is 26.5. The van der Waals surface area contributed by atoms with Crippen LogP contribution in [0.25, 0.3) is 152 Å². The van der Waals surface area contributed by atoms with Gasteiger partial charge in [-0.2, -0.15) is 0 Å². The standard InChI is InChI=1S/C21H21N3O.C20H18N2O2S.C20H12N2O2.C20H18N2O2.3C9H7NO.Al/c1-5-24(6-2)19-10-7-17(8-11-19)9-12-20-14-18(13-16(3)25-20)21(15-22)23-4;1-3-22(4-2)14-10-9-13-11-15(20(23)24-17(13)12-14)19-21-16-7-5-6-8-18(16)25-19;23-19-11-5-1-3-7-15(11)21-17-10-14-18(9-13(17)19)22-16-8-4-2-6-12(16)20(14)24;1-3-22(4-2)13-9-10-16-18(11-13)24-19-12-17(23)14-7-5-6-8-15(14)20(19)21-16;3*11-8-5-1-3-7-4-2-6-10-9(7)8;/h7-14H,5-6H2,1-3H3;5-12H,3-4H2,1-2H3;1-10H,(H,21,23)(H,22,24);5-12H,3-4H2,1-2H3;3*1-6,11H;/q;;;;;;;+3/p-3/b12-9+,21-18+;;;;;;;. The molecule has 0 spiro atoms. The van der Waals surface area contributed by atoms with Crippen LogP contribution < -0.4 is 48.0 Å². The van der Waals surface area contributed by atoms with Crippen molar-refractivity contribution in [1.29, 1.82) is 5.26 Å². The lowest BCUT2D eigenvalue weighted by Crippen LogP contribution is -2.37. The van der Waals surface area contributed by atoms with Crippen LogP contribution in [0.5, 0.6) is 17.2 Å². The van der Waals surface area contributed by atoms with Crippen LogP contribution in [0, 0.1) is 17.9 Å². The van der Waals surface area contributed by atoms with Gasteiger partial charge in [0.05, 0.1) is 39.5 Å². The summed E-state index contributed by atoms with van der Waals surface area (Å²) in [6, 6.07) is 88.6. The van der Waals surface area contributed by atoms with Crippen LogP contribution in [0.15, 0.2) is 361 Å². The second-order valence-electron chi connectivity index (χ2n) is 30.7. The summed E-state index contributed by atoms with van der Waals surface area (Å²) in [6.45, 7) is 27.3. The molecule has 0 amide bonds. The molecule has 21 rings (SSSR count). The first-order valence-electron chi connectivity index (χ1n) is 43.4. The third kappa shape index (κ3) is 19.0. The molecule has 0 saturated heterocycles. The van der Waals surface area contributed by atoms with E-state index in [0.717, 1.165) is 132 Å². The summed E-state index contributed by atoms with van der Waals surface area (Å²) in [5, 5.41) is 17.5. The Hall–Kier alpha value is -16.4. The lowest BCUT2D eigenvalue weighted by atomic mass is 10.0. The maximum Gasteiger partial charge on any atom is 1.20 e. The van der Waals surface area contributed by atoms with E-state index in [1.54, 1.807) is 61.9 Å². The number of nitrogens with one attached hydrogen (secondary N) is 2. The number of benzene rings is 12. The molecule has 0 fully saturated rings. The predicted molar refractivity (Wildman–Crippen MR) is 534 cm³/mol. The quantitative estimate of drug-likeness (QED) is 0.0202. The first-order valence-corrected chi connectivity index (χ1v) is 45.7. The second-order valence-corrected chi connectivity index (χ2v) is 33.1. The van der Waals surface area contributed by atoms with Gasteiger partial charge in [-0.1, -0.05) is 133 Å². The number of thiazole rings is 1. The smallest absolute Gasteiger partial charge is 0.576 e. The molecule has 7 aromatic heterocycles. The van der Waals surface area contributed by atoms with Gasteiger partial charge in [0.25, 0.3) is 5.70 Å². The number of rotatable bonds is 18. The van der Waals surface area contributed by atoms with Crippen LogP contribution >= 0.6 is 11.3 Å². The molecule has 0 unspecified atom stereocenters. The van der Waals surface area contributed by atoms with Gasteiger partial charge in [-0.15, -0.1) is 11.3 Å². The highest BCUT2D eigenvalue weighted by atomic mass is 32.1.